The number of fused-ring (bicyclic) bond motifs is 3. The first-order valence-corrected chi connectivity index (χ1v) is 11.9. The van der Waals surface area contributed by atoms with E-state index in [9.17, 15) is 4.79 Å². The number of aryl methyl sites for hydroxylation is 1. The van der Waals surface area contributed by atoms with Crippen molar-refractivity contribution in [1.82, 2.24) is 19.2 Å². The van der Waals surface area contributed by atoms with Crippen LogP contribution in [0.15, 0.2) is 76.7 Å². The summed E-state index contributed by atoms with van der Waals surface area (Å²) < 4.78 is 14.7. The molecule has 0 bridgehead atoms. The van der Waals surface area contributed by atoms with Gasteiger partial charge < -0.3 is 9.47 Å². The lowest BCUT2D eigenvalue weighted by atomic mass is 10.1. The number of aromatic nitrogens is 4. The van der Waals surface area contributed by atoms with Crippen molar-refractivity contribution < 1.29 is 9.47 Å². The molecule has 0 N–H and O–H groups in total. The van der Waals surface area contributed by atoms with E-state index in [0.29, 0.717) is 28.7 Å². The Morgan fingerprint density at radius 3 is 2.47 bits per heavy atom. The molecule has 0 spiro atoms. The van der Waals surface area contributed by atoms with Gasteiger partial charge in [-0.15, -0.1) is 10.2 Å². The Morgan fingerprint density at radius 1 is 0.912 bits per heavy atom. The Bertz CT molecular complexity index is 1540. The van der Waals surface area contributed by atoms with Crippen LogP contribution in [0.3, 0.4) is 0 Å². The Balaban J connectivity index is 1.51. The molecule has 5 aromatic rings. The van der Waals surface area contributed by atoms with Gasteiger partial charge in [-0.25, -0.2) is 4.57 Å². The second-order valence-corrected chi connectivity index (χ2v) is 8.93. The normalized spacial score (nSPS) is 11.3. The quantitative estimate of drug-likeness (QED) is 0.250. The molecule has 172 valence electrons. The smallest absolute Gasteiger partial charge is 0.267 e. The van der Waals surface area contributed by atoms with Gasteiger partial charge in [0.2, 0.25) is 5.78 Å². The molecule has 8 heteroatoms. The highest BCUT2D eigenvalue weighted by molar-refractivity contribution is 7.99. The maximum absolute atomic E-state index is 13.5. The lowest BCUT2D eigenvalue weighted by Gasteiger charge is -2.14. The van der Waals surface area contributed by atoms with Crippen LogP contribution in [0.25, 0.3) is 22.4 Å². The van der Waals surface area contributed by atoms with Crippen LogP contribution in [-0.2, 0) is 0 Å². The molecule has 0 atom stereocenters. The van der Waals surface area contributed by atoms with Gasteiger partial charge in [0.1, 0.15) is 11.5 Å². The number of rotatable bonds is 7. The number of hydrogen-bond donors (Lipinski definition) is 0. The van der Waals surface area contributed by atoms with E-state index in [0.717, 1.165) is 33.8 Å². The average molecular weight is 473 g/mol. The zero-order chi connectivity index (χ0) is 23.7. The second kappa shape index (κ2) is 9.23. The molecule has 0 aliphatic rings. The fourth-order valence-electron chi connectivity index (χ4n) is 3.93. The first-order chi connectivity index (χ1) is 16.6. The summed E-state index contributed by atoms with van der Waals surface area (Å²) in [5, 5.41) is 10.2. The van der Waals surface area contributed by atoms with Crippen LogP contribution in [-0.4, -0.2) is 38.6 Å². The van der Waals surface area contributed by atoms with Gasteiger partial charge in [0.15, 0.2) is 5.16 Å². The highest BCUT2D eigenvalue weighted by Gasteiger charge is 2.19. The van der Waals surface area contributed by atoms with E-state index in [1.807, 2.05) is 85.0 Å². The van der Waals surface area contributed by atoms with Crippen LogP contribution in [0.2, 0.25) is 0 Å². The van der Waals surface area contributed by atoms with Gasteiger partial charge in [-0.2, -0.15) is 0 Å². The van der Waals surface area contributed by atoms with Crippen LogP contribution in [0.5, 0.6) is 11.5 Å². The molecule has 2 heterocycles. The third-order valence-electron chi connectivity index (χ3n) is 5.85. The van der Waals surface area contributed by atoms with Crippen molar-refractivity contribution in [2.75, 3.05) is 19.5 Å². The average Bonchev–Trinajstić information content (AvgIpc) is 3.28. The van der Waals surface area contributed by atoms with Crippen LogP contribution >= 0.6 is 11.8 Å². The van der Waals surface area contributed by atoms with E-state index in [-0.39, 0.29) is 5.56 Å². The number of nitrogens with zero attached hydrogens (tertiary/aromatic N) is 4. The summed E-state index contributed by atoms with van der Waals surface area (Å²) in [7, 11) is 1.64. The van der Waals surface area contributed by atoms with Crippen molar-refractivity contribution in [3.05, 3.63) is 88.2 Å². The molecule has 0 fully saturated rings. The summed E-state index contributed by atoms with van der Waals surface area (Å²) in [4.78, 5) is 13.5. The first kappa shape index (κ1) is 22.0. The van der Waals surface area contributed by atoms with Crippen LogP contribution in [0.4, 0.5) is 0 Å². The zero-order valence-electron chi connectivity index (χ0n) is 19.2. The molecule has 0 saturated carbocycles. The topological polar surface area (TPSA) is 70.7 Å². The fourth-order valence-corrected chi connectivity index (χ4v) is 4.69. The van der Waals surface area contributed by atoms with Crippen LogP contribution < -0.4 is 15.0 Å². The SMILES string of the molecule is COc1ccc(OCCSc2nnc3n(-c4cccc(C)c4C)c(=O)c4ccccc4n23)cc1. The van der Waals surface area contributed by atoms with Crippen LogP contribution in [0.1, 0.15) is 11.1 Å². The van der Waals surface area contributed by atoms with Gasteiger partial charge >= 0.3 is 0 Å². The van der Waals surface area contributed by atoms with Crippen molar-refractivity contribution in [2.45, 2.75) is 19.0 Å². The van der Waals surface area contributed by atoms with E-state index in [1.165, 1.54) is 11.8 Å². The van der Waals surface area contributed by atoms with Gasteiger partial charge in [0.25, 0.3) is 5.56 Å². The number of methoxy groups -OCH3 is 1. The lowest BCUT2D eigenvalue weighted by molar-refractivity contribution is 0.342. The fraction of sp³-hybridized carbons (Fsp3) is 0.192. The molecule has 0 saturated heterocycles. The minimum atomic E-state index is -0.108. The Labute approximate surface area is 201 Å². The molecule has 5 rings (SSSR count). The predicted octanol–water partition coefficient (Wildman–Crippen LogP) is 4.83. The molecule has 7 nitrogen and oxygen atoms in total. The van der Waals surface area contributed by atoms with E-state index in [2.05, 4.69) is 10.2 Å². The van der Waals surface area contributed by atoms with Crippen LogP contribution in [0, 0.1) is 13.8 Å². The summed E-state index contributed by atoms with van der Waals surface area (Å²) in [6.45, 7) is 4.56. The van der Waals surface area contributed by atoms with Gasteiger partial charge in [0, 0.05) is 5.75 Å². The summed E-state index contributed by atoms with van der Waals surface area (Å²) in [6, 6.07) is 21.0. The highest BCUT2D eigenvalue weighted by Crippen LogP contribution is 2.25. The van der Waals surface area contributed by atoms with Gasteiger partial charge in [0.05, 0.1) is 30.3 Å². The Kier molecular flexibility index (Phi) is 5.98. The largest absolute Gasteiger partial charge is 0.497 e. The van der Waals surface area contributed by atoms with Crippen molar-refractivity contribution in [2.24, 2.45) is 0 Å². The molecule has 3 aromatic carbocycles. The standard InChI is InChI=1S/C26H24N4O3S/c1-17-7-6-10-22(18(17)2)29-24(31)21-8-4-5-9-23(21)30-25(29)27-28-26(30)34-16-15-33-20-13-11-19(32-3)12-14-20/h4-14H,15-16H2,1-3H3. The number of benzene rings is 3. The lowest BCUT2D eigenvalue weighted by Crippen LogP contribution is -2.22. The predicted molar refractivity (Wildman–Crippen MR) is 135 cm³/mol. The minimum absolute atomic E-state index is 0.108. The Morgan fingerprint density at radius 2 is 1.68 bits per heavy atom. The maximum Gasteiger partial charge on any atom is 0.267 e. The van der Waals surface area contributed by atoms with E-state index < -0.39 is 0 Å². The summed E-state index contributed by atoms with van der Waals surface area (Å²) in [6.07, 6.45) is 0. The molecular formula is C26H24N4O3S. The minimum Gasteiger partial charge on any atom is -0.497 e. The summed E-state index contributed by atoms with van der Waals surface area (Å²) in [5.74, 6) is 2.74. The maximum atomic E-state index is 13.5. The molecule has 0 amide bonds. The molecule has 0 radical (unpaired) electrons. The van der Waals surface area contributed by atoms with Crippen molar-refractivity contribution >= 4 is 28.4 Å². The number of thioether (sulfide) groups is 1. The van der Waals surface area contributed by atoms with E-state index in [1.54, 1.807) is 11.7 Å². The van der Waals surface area contributed by atoms with Crippen molar-refractivity contribution in [3.8, 4) is 17.2 Å². The molecule has 2 aromatic heterocycles. The van der Waals surface area contributed by atoms with Gasteiger partial charge in [-0.3, -0.25) is 9.20 Å². The Hall–Kier alpha value is -3.78. The zero-order valence-corrected chi connectivity index (χ0v) is 20.0. The van der Waals surface area contributed by atoms with E-state index >= 15 is 0 Å². The molecule has 0 unspecified atom stereocenters. The van der Waals surface area contributed by atoms with E-state index in [4.69, 9.17) is 9.47 Å². The van der Waals surface area contributed by atoms with Crippen molar-refractivity contribution in [1.29, 1.82) is 0 Å². The second-order valence-electron chi connectivity index (χ2n) is 7.87. The monoisotopic (exact) mass is 472 g/mol. The first-order valence-electron chi connectivity index (χ1n) is 10.9. The summed E-state index contributed by atoms with van der Waals surface area (Å²) >= 11 is 1.54. The number of ether oxygens (including phenoxy) is 2. The summed E-state index contributed by atoms with van der Waals surface area (Å²) in [5.41, 5.74) is 3.64. The molecule has 0 aliphatic carbocycles. The van der Waals surface area contributed by atoms with Crippen molar-refractivity contribution in [3.63, 3.8) is 0 Å². The van der Waals surface area contributed by atoms with Gasteiger partial charge in [-0.05, 0) is 67.4 Å². The third-order valence-corrected chi connectivity index (χ3v) is 6.75. The molecular weight excluding hydrogens is 448 g/mol. The molecule has 34 heavy (non-hydrogen) atoms. The number of hydrogen-bond acceptors (Lipinski definition) is 6. The highest BCUT2D eigenvalue weighted by atomic mass is 32.2. The molecule has 0 aliphatic heterocycles. The number of para-hydroxylation sites is 1. The van der Waals surface area contributed by atoms with Gasteiger partial charge in [-0.1, -0.05) is 36.0 Å². The third kappa shape index (κ3) is 3.90.